The third kappa shape index (κ3) is 3.21. The van der Waals surface area contributed by atoms with Crippen LogP contribution in [0.3, 0.4) is 0 Å². The van der Waals surface area contributed by atoms with Crippen LogP contribution in [0.2, 0.25) is 0 Å². The number of rotatable bonds is 5. The van der Waals surface area contributed by atoms with Gasteiger partial charge in [0.15, 0.2) is 0 Å². The van der Waals surface area contributed by atoms with Crippen LogP contribution >= 0.6 is 0 Å². The average Bonchev–Trinajstić information content (AvgIpc) is 2.47. The van der Waals surface area contributed by atoms with Gasteiger partial charge >= 0.3 is 17.6 Å². The van der Waals surface area contributed by atoms with Gasteiger partial charge in [-0.25, -0.2) is 9.59 Å². The zero-order valence-corrected chi connectivity index (χ0v) is 11.4. The second kappa shape index (κ2) is 6.23. The first kappa shape index (κ1) is 15.5. The molecule has 0 aliphatic rings. The first-order chi connectivity index (χ1) is 10.4. The minimum Gasteiger partial charge on any atom is -0.480 e. The van der Waals surface area contributed by atoms with Gasteiger partial charge in [0.05, 0.1) is 0 Å². The molecule has 1 aromatic heterocycles. The van der Waals surface area contributed by atoms with Crippen LogP contribution in [0, 0.1) is 0 Å². The number of carbonyl (C=O) groups is 2. The number of carboxylic acids is 2. The van der Waals surface area contributed by atoms with Crippen molar-refractivity contribution in [3.05, 3.63) is 58.1 Å². The number of carboxylic acid groups (broad SMARTS) is 2. The fraction of sp³-hybridized carbons (Fsp3) is 0.133. The fourth-order valence-electron chi connectivity index (χ4n) is 2.10. The minimum atomic E-state index is -1.42. The molecule has 1 unspecified atom stereocenters. The number of aliphatic carboxylic acids is 1. The summed E-state index contributed by atoms with van der Waals surface area (Å²) in [5.41, 5.74) is 5.49. The van der Waals surface area contributed by atoms with Crippen molar-refractivity contribution >= 4 is 11.9 Å². The summed E-state index contributed by atoms with van der Waals surface area (Å²) >= 11 is 0. The van der Waals surface area contributed by atoms with Crippen molar-refractivity contribution in [1.29, 1.82) is 0 Å². The van der Waals surface area contributed by atoms with Crippen molar-refractivity contribution in [2.24, 2.45) is 5.73 Å². The highest BCUT2D eigenvalue weighted by molar-refractivity contribution is 5.94. The van der Waals surface area contributed by atoms with Crippen LogP contribution in [0.25, 0.3) is 11.1 Å². The van der Waals surface area contributed by atoms with E-state index in [0.717, 1.165) is 6.07 Å². The Morgan fingerprint density at radius 2 is 1.82 bits per heavy atom. The molecule has 7 heteroatoms. The Morgan fingerprint density at radius 1 is 1.18 bits per heavy atom. The van der Waals surface area contributed by atoms with Gasteiger partial charge in [0.2, 0.25) is 5.76 Å². The highest BCUT2D eigenvalue weighted by Crippen LogP contribution is 2.27. The normalized spacial score (nSPS) is 11.9. The van der Waals surface area contributed by atoms with Crippen molar-refractivity contribution in [2.45, 2.75) is 12.5 Å². The molecule has 1 atom stereocenters. The summed E-state index contributed by atoms with van der Waals surface area (Å²) < 4.78 is 4.76. The summed E-state index contributed by atoms with van der Waals surface area (Å²) in [6, 6.07) is 8.20. The maximum absolute atomic E-state index is 11.5. The molecule has 4 N–H and O–H groups in total. The summed E-state index contributed by atoms with van der Waals surface area (Å²) in [6.45, 7) is 0. The second-order valence-corrected chi connectivity index (χ2v) is 4.61. The Kier molecular flexibility index (Phi) is 4.38. The smallest absolute Gasteiger partial charge is 0.372 e. The van der Waals surface area contributed by atoms with Gasteiger partial charge in [-0.1, -0.05) is 30.3 Å². The van der Waals surface area contributed by atoms with Crippen LogP contribution < -0.4 is 11.4 Å². The van der Waals surface area contributed by atoms with Crippen LogP contribution in [-0.2, 0) is 11.2 Å². The number of aromatic carboxylic acids is 1. The van der Waals surface area contributed by atoms with Crippen LogP contribution in [-0.4, -0.2) is 28.2 Å². The van der Waals surface area contributed by atoms with Crippen molar-refractivity contribution in [3.63, 3.8) is 0 Å². The summed E-state index contributed by atoms with van der Waals surface area (Å²) in [5, 5.41) is 18.1. The number of benzene rings is 1. The standard InChI is InChI=1S/C15H13NO6/c16-10(14(18)19)6-9-7-11(17)22-13(15(20)21)12(9)8-4-2-1-3-5-8/h1-5,7,10H,6,16H2,(H,18,19)(H,20,21). The van der Waals surface area contributed by atoms with E-state index in [1.54, 1.807) is 30.3 Å². The van der Waals surface area contributed by atoms with Crippen LogP contribution in [0.15, 0.2) is 45.6 Å². The van der Waals surface area contributed by atoms with Crippen molar-refractivity contribution in [3.8, 4) is 11.1 Å². The van der Waals surface area contributed by atoms with E-state index in [0.29, 0.717) is 5.56 Å². The molecule has 0 radical (unpaired) electrons. The Balaban J connectivity index is 2.68. The van der Waals surface area contributed by atoms with Crippen molar-refractivity contribution in [1.82, 2.24) is 0 Å². The summed E-state index contributed by atoms with van der Waals surface area (Å²) in [7, 11) is 0. The molecule has 0 saturated carbocycles. The van der Waals surface area contributed by atoms with Gasteiger partial charge in [0.25, 0.3) is 0 Å². The predicted octanol–water partition coefficient (Wildman–Crippen LogP) is 0.959. The van der Waals surface area contributed by atoms with E-state index in [2.05, 4.69) is 0 Å². The van der Waals surface area contributed by atoms with Crippen LogP contribution in [0.5, 0.6) is 0 Å². The largest absolute Gasteiger partial charge is 0.480 e. The molecular weight excluding hydrogens is 290 g/mol. The number of nitrogens with two attached hydrogens (primary N) is 1. The predicted molar refractivity (Wildman–Crippen MR) is 76.7 cm³/mol. The average molecular weight is 303 g/mol. The summed E-state index contributed by atoms with van der Waals surface area (Å²) in [5.74, 6) is -3.20. The fourth-order valence-corrected chi connectivity index (χ4v) is 2.10. The van der Waals surface area contributed by atoms with Gasteiger partial charge < -0.3 is 20.4 Å². The van der Waals surface area contributed by atoms with E-state index in [4.69, 9.17) is 15.3 Å². The van der Waals surface area contributed by atoms with E-state index in [1.807, 2.05) is 0 Å². The first-order valence-electron chi connectivity index (χ1n) is 6.34. The van der Waals surface area contributed by atoms with Crippen LogP contribution in [0.1, 0.15) is 16.1 Å². The monoisotopic (exact) mass is 303 g/mol. The highest BCUT2D eigenvalue weighted by atomic mass is 16.4. The van der Waals surface area contributed by atoms with Crippen molar-refractivity contribution < 1.29 is 24.2 Å². The zero-order chi connectivity index (χ0) is 16.3. The van der Waals surface area contributed by atoms with Gasteiger partial charge in [-0.05, 0) is 17.5 Å². The Morgan fingerprint density at radius 3 is 2.36 bits per heavy atom. The van der Waals surface area contributed by atoms with Crippen LogP contribution in [0.4, 0.5) is 0 Å². The molecule has 0 spiro atoms. The van der Waals surface area contributed by atoms with Gasteiger partial charge in [0.1, 0.15) is 6.04 Å². The molecule has 2 rings (SSSR count). The molecule has 0 aliphatic carbocycles. The molecule has 1 aromatic carbocycles. The molecule has 0 saturated heterocycles. The second-order valence-electron chi connectivity index (χ2n) is 4.61. The molecule has 0 aliphatic heterocycles. The lowest BCUT2D eigenvalue weighted by Gasteiger charge is -2.13. The van der Waals surface area contributed by atoms with Crippen molar-refractivity contribution in [2.75, 3.05) is 0 Å². The number of hydrogen-bond donors (Lipinski definition) is 3. The topological polar surface area (TPSA) is 131 Å². The minimum absolute atomic E-state index is 0.157. The number of hydrogen-bond acceptors (Lipinski definition) is 5. The Bertz CT molecular complexity index is 765. The SMILES string of the molecule is NC(Cc1cc(=O)oc(C(=O)O)c1-c1ccccc1)C(=O)O. The van der Waals surface area contributed by atoms with E-state index in [9.17, 15) is 19.5 Å². The molecule has 0 fully saturated rings. The van der Waals surface area contributed by atoms with E-state index in [-0.39, 0.29) is 17.5 Å². The van der Waals surface area contributed by atoms with Gasteiger partial charge in [-0.15, -0.1) is 0 Å². The Hall–Kier alpha value is -2.93. The molecule has 1 heterocycles. The molecular formula is C15H13NO6. The lowest BCUT2D eigenvalue weighted by molar-refractivity contribution is -0.138. The maximum Gasteiger partial charge on any atom is 0.372 e. The van der Waals surface area contributed by atoms with E-state index >= 15 is 0 Å². The molecule has 2 aromatic rings. The molecule has 7 nitrogen and oxygen atoms in total. The highest BCUT2D eigenvalue weighted by Gasteiger charge is 2.23. The lowest BCUT2D eigenvalue weighted by Crippen LogP contribution is -2.33. The molecule has 114 valence electrons. The summed E-state index contributed by atoms with van der Waals surface area (Å²) in [6.07, 6.45) is -0.189. The Labute approximate surface area is 124 Å². The third-order valence-electron chi connectivity index (χ3n) is 3.06. The van der Waals surface area contributed by atoms with E-state index in [1.165, 1.54) is 0 Å². The van der Waals surface area contributed by atoms with Gasteiger partial charge in [-0.2, -0.15) is 0 Å². The van der Waals surface area contributed by atoms with Gasteiger partial charge in [0, 0.05) is 11.6 Å². The molecule has 0 bridgehead atoms. The lowest BCUT2D eigenvalue weighted by atomic mass is 9.95. The maximum atomic E-state index is 11.5. The molecule has 22 heavy (non-hydrogen) atoms. The first-order valence-corrected chi connectivity index (χ1v) is 6.34. The molecule has 0 amide bonds. The quantitative estimate of drug-likeness (QED) is 0.749. The van der Waals surface area contributed by atoms with E-state index < -0.39 is 29.4 Å². The third-order valence-corrected chi connectivity index (χ3v) is 3.06. The zero-order valence-electron chi connectivity index (χ0n) is 11.4. The van der Waals surface area contributed by atoms with Gasteiger partial charge in [-0.3, -0.25) is 4.79 Å². The summed E-state index contributed by atoms with van der Waals surface area (Å²) in [4.78, 5) is 33.8.